The maximum absolute atomic E-state index is 4.72. The van der Waals surface area contributed by atoms with Crippen LogP contribution in [0.3, 0.4) is 0 Å². The zero-order chi connectivity index (χ0) is 25.6. The molecule has 4 aromatic rings. The number of hydrogen-bond acceptors (Lipinski definition) is 5. The van der Waals surface area contributed by atoms with E-state index in [9.17, 15) is 0 Å². The quantitative estimate of drug-likeness (QED) is 0.324. The summed E-state index contributed by atoms with van der Waals surface area (Å²) in [4.78, 5) is 5.45. The number of rotatable bonds is 9. The van der Waals surface area contributed by atoms with Crippen LogP contribution in [0.25, 0.3) is 0 Å². The average molecular weight is 510 g/mol. The molecule has 198 valence electrons. The molecule has 2 aromatic carbocycles. The van der Waals surface area contributed by atoms with Crippen LogP contribution in [0, 0.1) is 0 Å². The van der Waals surface area contributed by atoms with Gasteiger partial charge in [0.05, 0.1) is 19.1 Å². The molecule has 0 radical (unpaired) electrons. The maximum Gasteiger partial charge on any atom is 0.150 e. The molecule has 1 aliphatic heterocycles. The normalized spacial score (nSPS) is 18.5. The molecular weight excluding hydrogens is 470 g/mol. The highest BCUT2D eigenvalue weighted by Gasteiger charge is 2.30. The van der Waals surface area contributed by atoms with Crippen LogP contribution < -0.4 is 0 Å². The summed E-state index contributed by atoms with van der Waals surface area (Å²) in [6, 6.07) is 22.7. The summed E-state index contributed by atoms with van der Waals surface area (Å²) in [5, 5.41) is 13.5. The van der Waals surface area contributed by atoms with E-state index in [0.29, 0.717) is 0 Å². The molecule has 0 amide bonds. The topological polar surface area (TPSA) is 55.0 Å². The minimum absolute atomic E-state index is 0.196. The minimum atomic E-state index is 0.196. The van der Waals surface area contributed by atoms with E-state index in [1.807, 2.05) is 29.5 Å². The lowest BCUT2D eigenvalue weighted by atomic mass is 10.0. The Labute approximate surface area is 226 Å². The first kappa shape index (κ1) is 25.0. The molecule has 1 saturated heterocycles. The number of nitrogens with zero attached hydrogens (tertiary/aromatic N) is 7. The summed E-state index contributed by atoms with van der Waals surface area (Å²) in [5.74, 6) is 1.07. The van der Waals surface area contributed by atoms with Gasteiger partial charge in [-0.05, 0) is 55.0 Å². The van der Waals surface area contributed by atoms with Crippen LogP contribution in [0.4, 0.5) is 0 Å². The summed E-state index contributed by atoms with van der Waals surface area (Å²) in [5.41, 5.74) is 3.88. The molecule has 38 heavy (non-hydrogen) atoms. The lowest BCUT2D eigenvalue weighted by Gasteiger charge is -2.31. The lowest BCUT2D eigenvalue weighted by Crippen LogP contribution is -2.38. The predicted molar refractivity (Wildman–Crippen MR) is 150 cm³/mol. The smallest absolute Gasteiger partial charge is 0.150 e. The predicted octanol–water partition coefficient (Wildman–Crippen LogP) is 4.81. The van der Waals surface area contributed by atoms with Crippen molar-refractivity contribution in [3.63, 3.8) is 0 Å². The van der Waals surface area contributed by atoms with E-state index in [2.05, 4.69) is 79.2 Å². The monoisotopic (exact) mass is 509 g/mol. The Morgan fingerprint density at radius 3 is 2.34 bits per heavy atom. The Morgan fingerprint density at radius 1 is 0.763 bits per heavy atom. The fraction of sp³-hybridized carbons (Fsp3) is 0.452. The Morgan fingerprint density at radius 2 is 1.55 bits per heavy atom. The van der Waals surface area contributed by atoms with Crippen molar-refractivity contribution in [2.45, 2.75) is 63.7 Å². The molecule has 1 aliphatic carbocycles. The van der Waals surface area contributed by atoms with Gasteiger partial charge >= 0.3 is 0 Å². The highest BCUT2D eigenvalue weighted by Crippen LogP contribution is 2.29. The highest BCUT2D eigenvalue weighted by molar-refractivity contribution is 5.25. The van der Waals surface area contributed by atoms with Crippen LogP contribution in [0.2, 0.25) is 0 Å². The molecule has 0 bridgehead atoms. The second-order valence-electron chi connectivity index (χ2n) is 10.9. The first-order valence-electron chi connectivity index (χ1n) is 14.3. The van der Waals surface area contributed by atoms with Gasteiger partial charge in [0, 0.05) is 38.1 Å². The van der Waals surface area contributed by atoms with Gasteiger partial charge in [-0.3, -0.25) is 14.5 Å². The maximum atomic E-state index is 4.72. The van der Waals surface area contributed by atoms with Crippen LogP contribution in [0.1, 0.15) is 60.7 Å². The van der Waals surface area contributed by atoms with Crippen molar-refractivity contribution in [3.8, 4) is 0 Å². The summed E-state index contributed by atoms with van der Waals surface area (Å²) < 4.78 is 4.23. The standard InChI is InChI=1S/C31H39N7/c1-2-8-27(9-3-1)23-37-25-32-34-31(37)30(36-18-7-17-35(20-21-36)29-10-4-5-11-29)22-26-12-14-28(15-13-26)24-38-19-6-16-33-38/h1-3,6,8-9,12-16,19,25,29-30H,4-5,7,10-11,17-18,20-24H2. The van der Waals surface area contributed by atoms with E-state index in [-0.39, 0.29) is 6.04 Å². The van der Waals surface area contributed by atoms with Crippen molar-refractivity contribution >= 4 is 0 Å². The van der Waals surface area contributed by atoms with Crippen molar-refractivity contribution in [1.29, 1.82) is 0 Å². The fourth-order valence-electron chi connectivity index (χ4n) is 6.30. The minimum Gasteiger partial charge on any atom is -0.312 e. The Kier molecular flexibility index (Phi) is 7.93. The van der Waals surface area contributed by atoms with Crippen LogP contribution in [-0.4, -0.2) is 66.6 Å². The van der Waals surface area contributed by atoms with Crippen LogP contribution in [0.15, 0.2) is 79.4 Å². The van der Waals surface area contributed by atoms with Gasteiger partial charge in [-0.25, -0.2) is 0 Å². The van der Waals surface area contributed by atoms with E-state index >= 15 is 0 Å². The van der Waals surface area contributed by atoms with Gasteiger partial charge in [0.2, 0.25) is 0 Å². The average Bonchev–Trinajstić information content (AvgIpc) is 3.72. The summed E-state index contributed by atoms with van der Waals surface area (Å²) >= 11 is 0. The van der Waals surface area contributed by atoms with Crippen LogP contribution >= 0.6 is 0 Å². The molecule has 7 nitrogen and oxygen atoms in total. The van der Waals surface area contributed by atoms with E-state index < -0.39 is 0 Å². The van der Waals surface area contributed by atoms with Gasteiger partial charge in [0.1, 0.15) is 6.33 Å². The molecule has 2 aliphatic rings. The molecule has 1 unspecified atom stereocenters. The molecule has 0 N–H and O–H groups in total. The molecule has 1 saturated carbocycles. The van der Waals surface area contributed by atoms with Crippen molar-refractivity contribution in [2.75, 3.05) is 26.2 Å². The molecule has 0 spiro atoms. The van der Waals surface area contributed by atoms with Gasteiger partial charge in [-0.1, -0.05) is 67.4 Å². The first-order chi connectivity index (χ1) is 18.8. The molecular formula is C31H39N7. The third-order valence-electron chi connectivity index (χ3n) is 8.34. The number of hydrogen-bond donors (Lipinski definition) is 0. The van der Waals surface area contributed by atoms with Crippen LogP contribution in [-0.2, 0) is 19.5 Å². The van der Waals surface area contributed by atoms with E-state index in [1.54, 1.807) is 0 Å². The van der Waals surface area contributed by atoms with Crippen molar-refractivity contribution < 1.29 is 0 Å². The third-order valence-corrected chi connectivity index (χ3v) is 8.34. The van der Waals surface area contributed by atoms with E-state index in [0.717, 1.165) is 51.0 Å². The highest BCUT2D eigenvalue weighted by atomic mass is 15.3. The Bertz CT molecular complexity index is 1240. The summed E-state index contributed by atoms with van der Waals surface area (Å²) in [7, 11) is 0. The zero-order valence-electron chi connectivity index (χ0n) is 22.3. The SMILES string of the molecule is c1ccc(Cn2cnnc2C(Cc2ccc(Cn3cccn3)cc2)N2CCCN(C3CCCC3)CC2)cc1. The molecule has 3 heterocycles. The van der Waals surface area contributed by atoms with Crippen LogP contribution in [0.5, 0.6) is 0 Å². The molecule has 7 heteroatoms. The largest absolute Gasteiger partial charge is 0.312 e. The van der Waals surface area contributed by atoms with E-state index in [1.165, 1.54) is 55.3 Å². The Hall–Kier alpha value is -3.29. The third kappa shape index (κ3) is 6.05. The van der Waals surface area contributed by atoms with Gasteiger partial charge in [-0.2, -0.15) is 5.10 Å². The van der Waals surface area contributed by atoms with Gasteiger partial charge < -0.3 is 4.57 Å². The zero-order valence-corrected chi connectivity index (χ0v) is 22.3. The van der Waals surface area contributed by atoms with Gasteiger partial charge in [0.15, 0.2) is 5.82 Å². The van der Waals surface area contributed by atoms with Crippen molar-refractivity contribution in [2.24, 2.45) is 0 Å². The molecule has 6 rings (SSSR count). The molecule has 2 fully saturated rings. The first-order valence-corrected chi connectivity index (χ1v) is 14.3. The molecule has 1 atom stereocenters. The number of benzene rings is 2. The summed E-state index contributed by atoms with van der Waals surface area (Å²) in [6.07, 6.45) is 13.4. The number of aromatic nitrogens is 5. The van der Waals surface area contributed by atoms with Gasteiger partial charge in [-0.15, -0.1) is 10.2 Å². The fourth-order valence-corrected chi connectivity index (χ4v) is 6.30. The van der Waals surface area contributed by atoms with Gasteiger partial charge in [0.25, 0.3) is 0 Å². The van der Waals surface area contributed by atoms with Crippen molar-refractivity contribution in [1.82, 2.24) is 34.3 Å². The van der Waals surface area contributed by atoms with Crippen molar-refractivity contribution in [3.05, 3.63) is 102 Å². The second-order valence-corrected chi connectivity index (χ2v) is 10.9. The lowest BCUT2D eigenvalue weighted by molar-refractivity contribution is 0.170. The molecule has 2 aromatic heterocycles. The second kappa shape index (κ2) is 12.0. The Balaban J connectivity index is 1.23. The van der Waals surface area contributed by atoms with E-state index in [4.69, 9.17) is 5.10 Å². The summed E-state index contributed by atoms with van der Waals surface area (Å²) in [6.45, 7) is 6.14.